The summed E-state index contributed by atoms with van der Waals surface area (Å²) in [5.74, 6) is -0.171. The lowest BCUT2D eigenvalue weighted by Gasteiger charge is -2.31. The van der Waals surface area contributed by atoms with Gasteiger partial charge in [-0.15, -0.1) is 0 Å². The summed E-state index contributed by atoms with van der Waals surface area (Å²) in [5.41, 5.74) is 6.36. The predicted molar refractivity (Wildman–Crippen MR) is 99.4 cm³/mol. The molecule has 0 spiro atoms. The molecule has 0 radical (unpaired) electrons. The van der Waals surface area contributed by atoms with Gasteiger partial charge in [0.05, 0.1) is 5.92 Å². The van der Waals surface area contributed by atoms with Crippen LogP contribution < -0.4 is 10.6 Å². The van der Waals surface area contributed by atoms with Gasteiger partial charge in [-0.1, -0.05) is 6.07 Å². The van der Waals surface area contributed by atoms with Crippen molar-refractivity contribution >= 4 is 33.6 Å². The van der Waals surface area contributed by atoms with Gasteiger partial charge in [0.15, 0.2) is 0 Å². The molecule has 2 N–H and O–H groups in total. The van der Waals surface area contributed by atoms with E-state index in [0.29, 0.717) is 31.7 Å². The fourth-order valence-corrected chi connectivity index (χ4v) is 3.30. The van der Waals surface area contributed by atoms with E-state index in [4.69, 9.17) is 10.5 Å². The molecule has 1 amide bonds. The molecule has 1 aliphatic heterocycles. The van der Waals surface area contributed by atoms with E-state index in [2.05, 4.69) is 30.8 Å². The number of primary amides is 1. The minimum Gasteiger partial charge on any atom is -0.461 e. The molecule has 0 atom stereocenters. The molecule has 136 valence electrons. The van der Waals surface area contributed by atoms with Crippen LogP contribution in [0.15, 0.2) is 41.1 Å². The maximum Gasteiger partial charge on any atom is 0.309 e. The van der Waals surface area contributed by atoms with Crippen LogP contribution in [0.3, 0.4) is 0 Å². The fraction of sp³-hybridized carbons (Fsp3) is 0.333. The zero-order chi connectivity index (χ0) is 18.5. The van der Waals surface area contributed by atoms with Gasteiger partial charge in [0.25, 0.3) is 5.91 Å². The van der Waals surface area contributed by atoms with E-state index in [0.717, 1.165) is 10.0 Å². The number of carbonyl (C=O) groups excluding carboxylic acids is 2. The number of esters is 1. The number of halogens is 1. The first-order valence-corrected chi connectivity index (χ1v) is 9.10. The average Bonchev–Trinajstić information content (AvgIpc) is 2.66. The number of pyridine rings is 2. The second kappa shape index (κ2) is 8.27. The number of nitrogens with zero attached hydrogens (tertiary/aromatic N) is 3. The van der Waals surface area contributed by atoms with E-state index in [1.54, 1.807) is 24.5 Å². The summed E-state index contributed by atoms with van der Waals surface area (Å²) >= 11 is 3.35. The number of ether oxygens (including phenoxy) is 1. The number of carbonyl (C=O) groups is 2. The molecule has 3 heterocycles. The van der Waals surface area contributed by atoms with E-state index >= 15 is 0 Å². The topological polar surface area (TPSA) is 98.4 Å². The van der Waals surface area contributed by atoms with Gasteiger partial charge in [0.2, 0.25) is 0 Å². The maximum absolute atomic E-state index is 12.3. The van der Waals surface area contributed by atoms with Crippen LogP contribution in [0, 0.1) is 5.92 Å². The Morgan fingerprint density at radius 2 is 2.04 bits per heavy atom. The monoisotopic (exact) mass is 418 g/mol. The van der Waals surface area contributed by atoms with Gasteiger partial charge >= 0.3 is 5.97 Å². The van der Waals surface area contributed by atoms with E-state index in [9.17, 15) is 9.59 Å². The summed E-state index contributed by atoms with van der Waals surface area (Å²) in [5, 5.41) is 0. The Morgan fingerprint density at radius 1 is 1.27 bits per heavy atom. The highest BCUT2D eigenvalue weighted by atomic mass is 79.9. The third kappa shape index (κ3) is 4.57. The molecule has 2 aromatic heterocycles. The van der Waals surface area contributed by atoms with Crippen LogP contribution in [-0.2, 0) is 16.1 Å². The molecule has 2 aromatic rings. The Bertz CT molecular complexity index is 807. The molecule has 0 saturated carbocycles. The number of amides is 1. The third-order valence-corrected chi connectivity index (χ3v) is 4.72. The zero-order valence-corrected chi connectivity index (χ0v) is 15.7. The van der Waals surface area contributed by atoms with Gasteiger partial charge in [-0.05, 0) is 47.0 Å². The average molecular weight is 419 g/mol. The smallest absolute Gasteiger partial charge is 0.309 e. The second-order valence-corrected chi connectivity index (χ2v) is 7.04. The van der Waals surface area contributed by atoms with Gasteiger partial charge in [-0.2, -0.15) is 0 Å². The van der Waals surface area contributed by atoms with Crippen molar-refractivity contribution in [3.8, 4) is 0 Å². The van der Waals surface area contributed by atoms with E-state index in [1.165, 1.54) is 0 Å². The first-order chi connectivity index (χ1) is 12.5. The van der Waals surface area contributed by atoms with Crippen LogP contribution in [0.2, 0.25) is 0 Å². The fourth-order valence-electron chi connectivity index (χ4n) is 2.89. The van der Waals surface area contributed by atoms with Gasteiger partial charge in [0, 0.05) is 35.5 Å². The van der Waals surface area contributed by atoms with Gasteiger partial charge in [0.1, 0.15) is 18.1 Å². The molecule has 0 aliphatic carbocycles. The van der Waals surface area contributed by atoms with Crippen LogP contribution in [0.5, 0.6) is 0 Å². The standard InChI is InChI=1S/C18H19BrN4O3/c19-14-8-12(9-21-10-14)11-26-18(25)13-4-6-23(7-5-13)16-3-1-2-15(22-16)17(20)24/h1-3,8-10,13H,4-7,11H2,(H2,20,24). The summed E-state index contributed by atoms with van der Waals surface area (Å²) < 4.78 is 6.27. The Morgan fingerprint density at radius 3 is 2.73 bits per heavy atom. The molecule has 3 rings (SSSR count). The maximum atomic E-state index is 12.3. The lowest BCUT2D eigenvalue weighted by atomic mass is 9.97. The molecule has 1 aliphatic rings. The molecular formula is C18H19BrN4O3. The first kappa shape index (κ1) is 18.3. The minimum absolute atomic E-state index is 0.134. The number of aromatic nitrogens is 2. The minimum atomic E-state index is -0.549. The van der Waals surface area contributed by atoms with Crippen molar-refractivity contribution in [2.75, 3.05) is 18.0 Å². The van der Waals surface area contributed by atoms with Crippen molar-refractivity contribution in [3.05, 3.63) is 52.4 Å². The van der Waals surface area contributed by atoms with Crippen molar-refractivity contribution < 1.29 is 14.3 Å². The molecule has 1 saturated heterocycles. The Kier molecular flexibility index (Phi) is 5.82. The van der Waals surface area contributed by atoms with E-state index < -0.39 is 5.91 Å². The molecule has 0 bridgehead atoms. The number of piperidine rings is 1. The Balaban J connectivity index is 1.52. The highest BCUT2D eigenvalue weighted by Gasteiger charge is 2.27. The molecule has 8 heteroatoms. The van der Waals surface area contributed by atoms with Gasteiger partial charge < -0.3 is 15.4 Å². The second-order valence-electron chi connectivity index (χ2n) is 6.13. The van der Waals surface area contributed by atoms with Gasteiger partial charge in [-0.3, -0.25) is 14.6 Å². The third-order valence-electron chi connectivity index (χ3n) is 4.28. The number of anilines is 1. The lowest BCUT2D eigenvalue weighted by molar-refractivity contribution is -0.150. The normalized spacial score (nSPS) is 14.9. The van der Waals surface area contributed by atoms with Crippen molar-refractivity contribution in [2.45, 2.75) is 19.4 Å². The van der Waals surface area contributed by atoms with Crippen LogP contribution in [0.25, 0.3) is 0 Å². The van der Waals surface area contributed by atoms with Crippen molar-refractivity contribution in [2.24, 2.45) is 11.7 Å². The van der Waals surface area contributed by atoms with Crippen molar-refractivity contribution in [1.82, 2.24) is 9.97 Å². The van der Waals surface area contributed by atoms with Gasteiger partial charge in [-0.25, -0.2) is 4.98 Å². The molecule has 7 nitrogen and oxygen atoms in total. The highest BCUT2D eigenvalue weighted by molar-refractivity contribution is 9.10. The zero-order valence-electron chi connectivity index (χ0n) is 14.1. The quantitative estimate of drug-likeness (QED) is 0.747. The van der Waals surface area contributed by atoms with Crippen molar-refractivity contribution in [3.63, 3.8) is 0 Å². The number of rotatable bonds is 5. The number of hydrogen-bond donors (Lipinski definition) is 1. The SMILES string of the molecule is NC(=O)c1cccc(N2CCC(C(=O)OCc3cncc(Br)c3)CC2)n1. The molecular weight excluding hydrogens is 400 g/mol. The largest absolute Gasteiger partial charge is 0.461 e. The van der Waals surface area contributed by atoms with Crippen LogP contribution >= 0.6 is 15.9 Å². The van der Waals surface area contributed by atoms with Crippen LogP contribution in [0.1, 0.15) is 28.9 Å². The van der Waals surface area contributed by atoms with E-state index in [1.807, 2.05) is 12.1 Å². The molecule has 0 unspecified atom stereocenters. The summed E-state index contributed by atoms with van der Waals surface area (Å²) in [6.07, 6.45) is 4.72. The van der Waals surface area contributed by atoms with E-state index in [-0.39, 0.29) is 24.2 Å². The summed E-state index contributed by atoms with van der Waals surface area (Å²) in [6.45, 7) is 1.56. The lowest BCUT2D eigenvalue weighted by Crippen LogP contribution is -2.37. The molecule has 1 fully saturated rings. The summed E-state index contributed by atoms with van der Waals surface area (Å²) in [6, 6.07) is 7.06. The molecule has 26 heavy (non-hydrogen) atoms. The predicted octanol–water partition coefficient (Wildman–Crippen LogP) is 2.30. The number of nitrogens with two attached hydrogens (primary N) is 1. The van der Waals surface area contributed by atoms with Crippen molar-refractivity contribution in [1.29, 1.82) is 0 Å². The number of hydrogen-bond acceptors (Lipinski definition) is 6. The summed E-state index contributed by atoms with van der Waals surface area (Å²) in [7, 11) is 0. The Hall–Kier alpha value is -2.48. The summed E-state index contributed by atoms with van der Waals surface area (Å²) in [4.78, 5) is 33.9. The molecule has 0 aromatic carbocycles. The first-order valence-electron chi connectivity index (χ1n) is 8.31. The van der Waals surface area contributed by atoms with Crippen LogP contribution in [-0.4, -0.2) is 34.9 Å². The Labute approximate surface area is 159 Å². The van der Waals surface area contributed by atoms with Crippen LogP contribution in [0.4, 0.5) is 5.82 Å². The highest BCUT2D eigenvalue weighted by Crippen LogP contribution is 2.23.